The first-order chi connectivity index (χ1) is 15.5. The van der Waals surface area contributed by atoms with Gasteiger partial charge in [-0.25, -0.2) is 14.6 Å². The third-order valence-corrected chi connectivity index (χ3v) is 5.24. The van der Waals surface area contributed by atoms with Crippen molar-refractivity contribution >= 4 is 39.8 Å². The smallest absolute Gasteiger partial charge is 0.410 e. The molecule has 0 saturated carbocycles. The summed E-state index contributed by atoms with van der Waals surface area (Å²) in [5, 5.41) is 1.60. The standard InChI is InChI=1S/C24H33N3O5S/c1-16(22(28)30-6)25-21(33-7)20-11-9-17-15-18(10-12-19(17)26-20)31-14-8-13-27(5)23(29)32-24(2,3)4/h9-12,15-16H,8,13-14H2,1-7H3/t16-/m1/s1. The summed E-state index contributed by atoms with van der Waals surface area (Å²) in [6.45, 7) is 8.23. The van der Waals surface area contributed by atoms with Crippen molar-refractivity contribution in [3.05, 3.63) is 36.0 Å². The second kappa shape index (κ2) is 11.9. The predicted octanol–water partition coefficient (Wildman–Crippen LogP) is 4.54. The quantitative estimate of drug-likeness (QED) is 0.240. The van der Waals surface area contributed by atoms with Gasteiger partial charge in [-0.2, -0.15) is 0 Å². The number of benzene rings is 1. The Bertz CT molecular complexity index is 1000. The number of thioether (sulfide) groups is 1. The molecule has 0 aliphatic carbocycles. The molecule has 33 heavy (non-hydrogen) atoms. The number of rotatable bonds is 8. The van der Waals surface area contributed by atoms with Crippen molar-refractivity contribution in [2.75, 3.05) is 33.6 Å². The molecule has 0 unspecified atom stereocenters. The van der Waals surface area contributed by atoms with Gasteiger partial charge in [0.05, 0.1) is 24.9 Å². The number of carbonyl (C=O) groups is 2. The number of hydrogen-bond acceptors (Lipinski definition) is 8. The van der Waals surface area contributed by atoms with Gasteiger partial charge in [-0.05, 0) is 64.6 Å². The molecule has 1 aromatic heterocycles. The van der Waals surface area contributed by atoms with Gasteiger partial charge in [-0.15, -0.1) is 11.8 Å². The molecule has 1 aromatic carbocycles. The molecule has 0 saturated heterocycles. The first-order valence-corrected chi connectivity index (χ1v) is 11.9. The van der Waals surface area contributed by atoms with E-state index in [9.17, 15) is 9.59 Å². The maximum Gasteiger partial charge on any atom is 0.410 e. The van der Waals surface area contributed by atoms with Crippen LogP contribution < -0.4 is 4.74 Å². The summed E-state index contributed by atoms with van der Waals surface area (Å²) in [5.74, 6) is 0.344. The van der Waals surface area contributed by atoms with Crippen molar-refractivity contribution in [3.63, 3.8) is 0 Å². The highest BCUT2D eigenvalue weighted by molar-refractivity contribution is 8.13. The van der Waals surface area contributed by atoms with E-state index in [2.05, 4.69) is 9.98 Å². The maximum absolute atomic E-state index is 12.0. The number of esters is 1. The van der Waals surface area contributed by atoms with Crippen molar-refractivity contribution in [2.45, 2.75) is 45.8 Å². The van der Waals surface area contributed by atoms with Gasteiger partial charge in [-0.3, -0.25) is 4.99 Å². The molecule has 0 aliphatic rings. The zero-order valence-corrected chi connectivity index (χ0v) is 21.2. The van der Waals surface area contributed by atoms with Crippen molar-refractivity contribution in [1.29, 1.82) is 0 Å². The van der Waals surface area contributed by atoms with E-state index < -0.39 is 11.6 Å². The normalized spacial score (nSPS) is 12.9. The molecule has 0 bridgehead atoms. The SMILES string of the molecule is COC(=O)[C@@H](C)N=C(SC)c1ccc2cc(OCCCN(C)C(=O)OC(C)(C)C)ccc2n1. The fourth-order valence-electron chi connectivity index (χ4n) is 2.86. The Morgan fingerprint density at radius 2 is 1.94 bits per heavy atom. The van der Waals surface area contributed by atoms with Crippen LogP contribution in [0.5, 0.6) is 5.75 Å². The Labute approximate surface area is 199 Å². The Morgan fingerprint density at radius 1 is 1.21 bits per heavy atom. The summed E-state index contributed by atoms with van der Waals surface area (Å²) >= 11 is 1.43. The molecule has 2 rings (SSSR count). The van der Waals surface area contributed by atoms with E-state index in [0.717, 1.165) is 16.7 Å². The number of methoxy groups -OCH3 is 1. The van der Waals surface area contributed by atoms with E-state index in [4.69, 9.17) is 14.2 Å². The predicted molar refractivity (Wildman–Crippen MR) is 132 cm³/mol. The van der Waals surface area contributed by atoms with Crippen LogP contribution in [0.2, 0.25) is 0 Å². The number of ether oxygens (including phenoxy) is 3. The average Bonchev–Trinajstić information content (AvgIpc) is 2.77. The van der Waals surface area contributed by atoms with Gasteiger partial charge < -0.3 is 19.1 Å². The maximum atomic E-state index is 12.0. The second-order valence-electron chi connectivity index (χ2n) is 8.49. The summed E-state index contributed by atoms with van der Waals surface area (Å²) in [5.41, 5.74) is 0.990. The van der Waals surface area contributed by atoms with Gasteiger partial charge in [-0.1, -0.05) is 6.07 Å². The van der Waals surface area contributed by atoms with Crippen molar-refractivity contribution < 1.29 is 23.8 Å². The van der Waals surface area contributed by atoms with Crippen LogP contribution in [0.25, 0.3) is 10.9 Å². The minimum atomic E-state index is -0.597. The Balaban J connectivity index is 1.98. The number of pyridine rings is 1. The fraction of sp³-hybridized carbons (Fsp3) is 0.500. The molecule has 1 heterocycles. The summed E-state index contributed by atoms with van der Waals surface area (Å²) in [6, 6.07) is 8.92. The highest BCUT2D eigenvalue weighted by Gasteiger charge is 2.19. The van der Waals surface area contributed by atoms with Gasteiger partial charge in [0, 0.05) is 19.0 Å². The van der Waals surface area contributed by atoms with Crippen LogP contribution in [0, 0.1) is 0 Å². The van der Waals surface area contributed by atoms with Gasteiger partial charge >= 0.3 is 12.1 Å². The molecule has 0 N–H and O–H groups in total. The van der Waals surface area contributed by atoms with E-state index in [1.165, 1.54) is 18.9 Å². The molecule has 1 amide bonds. The Kier molecular flexibility index (Phi) is 9.52. The van der Waals surface area contributed by atoms with Crippen LogP contribution in [-0.2, 0) is 14.3 Å². The lowest BCUT2D eigenvalue weighted by molar-refractivity contribution is -0.141. The van der Waals surface area contributed by atoms with Gasteiger partial charge in [0.1, 0.15) is 22.4 Å². The van der Waals surface area contributed by atoms with E-state index in [1.807, 2.05) is 57.4 Å². The summed E-state index contributed by atoms with van der Waals surface area (Å²) in [6.07, 6.45) is 2.23. The number of nitrogens with zero attached hydrogens (tertiary/aromatic N) is 3. The third kappa shape index (κ3) is 8.24. The lowest BCUT2D eigenvalue weighted by Crippen LogP contribution is -2.35. The number of carbonyl (C=O) groups excluding carboxylic acids is 2. The topological polar surface area (TPSA) is 90.3 Å². The van der Waals surface area contributed by atoms with Gasteiger partial charge in [0.15, 0.2) is 0 Å². The molecule has 1 atom stereocenters. The van der Waals surface area contributed by atoms with Crippen LogP contribution in [0.4, 0.5) is 4.79 Å². The lowest BCUT2D eigenvalue weighted by Gasteiger charge is -2.24. The molecular formula is C24H33N3O5S. The highest BCUT2D eigenvalue weighted by Crippen LogP contribution is 2.22. The monoisotopic (exact) mass is 475 g/mol. The largest absolute Gasteiger partial charge is 0.494 e. The summed E-state index contributed by atoms with van der Waals surface area (Å²) < 4.78 is 15.9. The second-order valence-corrected chi connectivity index (χ2v) is 9.29. The molecule has 0 spiro atoms. The number of aliphatic imine (C=N–C) groups is 1. The van der Waals surface area contributed by atoms with Crippen molar-refractivity contribution in [1.82, 2.24) is 9.88 Å². The average molecular weight is 476 g/mol. The van der Waals surface area contributed by atoms with Crippen molar-refractivity contribution in [2.24, 2.45) is 4.99 Å². The van der Waals surface area contributed by atoms with Gasteiger partial charge in [0.2, 0.25) is 0 Å². The van der Waals surface area contributed by atoms with Crippen LogP contribution in [-0.4, -0.2) is 72.2 Å². The number of fused-ring (bicyclic) bond motifs is 1. The molecule has 8 nitrogen and oxygen atoms in total. The molecule has 0 aliphatic heterocycles. The zero-order valence-electron chi connectivity index (χ0n) is 20.4. The Hall–Kier alpha value is -2.81. The fourth-order valence-corrected chi connectivity index (χ4v) is 3.44. The van der Waals surface area contributed by atoms with Gasteiger partial charge in [0.25, 0.3) is 0 Å². The third-order valence-electron chi connectivity index (χ3n) is 4.54. The molecule has 9 heteroatoms. The van der Waals surface area contributed by atoms with E-state index in [-0.39, 0.29) is 12.1 Å². The van der Waals surface area contributed by atoms with Crippen LogP contribution in [0.3, 0.4) is 0 Å². The van der Waals surface area contributed by atoms with E-state index >= 15 is 0 Å². The first kappa shape index (κ1) is 26.4. The summed E-state index contributed by atoms with van der Waals surface area (Å²) in [7, 11) is 3.06. The van der Waals surface area contributed by atoms with Crippen LogP contribution in [0.1, 0.15) is 39.8 Å². The number of aromatic nitrogens is 1. The van der Waals surface area contributed by atoms with Crippen molar-refractivity contribution in [3.8, 4) is 5.75 Å². The molecule has 0 fully saturated rings. The molecular weight excluding hydrogens is 442 g/mol. The van der Waals surface area contributed by atoms with Crippen LogP contribution >= 0.6 is 11.8 Å². The van der Waals surface area contributed by atoms with E-state index in [1.54, 1.807) is 18.9 Å². The summed E-state index contributed by atoms with van der Waals surface area (Å²) in [4.78, 5) is 34.3. The number of hydrogen-bond donors (Lipinski definition) is 0. The molecule has 180 valence electrons. The lowest BCUT2D eigenvalue weighted by atomic mass is 10.2. The Morgan fingerprint density at radius 3 is 2.58 bits per heavy atom. The number of amides is 1. The molecule has 2 aromatic rings. The highest BCUT2D eigenvalue weighted by atomic mass is 32.2. The molecule has 0 radical (unpaired) electrons. The zero-order chi connectivity index (χ0) is 24.6. The van der Waals surface area contributed by atoms with E-state index in [0.29, 0.717) is 30.3 Å². The first-order valence-electron chi connectivity index (χ1n) is 10.7. The minimum absolute atomic E-state index is 0.343. The minimum Gasteiger partial charge on any atom is -0.494 e. The van der Waals surface area contributed by atoms with Crippen LogP contribution in [0.15, 0.2) is 35.3 Å².